The number of hydrogen-bond donors (Lipinski definition) is 1. The largest absolute Gasteiger partial charge is 0.312 e. The Bertz CT molecular complexity index is 478. The molecule has 1 aromatic rings. The van der Waals surface area contributed by atoms with Crippen LogP contribution in [0.2, 0.25) is 0 Å². The molecule has 2 aliphatic rings. The minimum atomic E-state index is 0.851. The van der Waals surface area contributed by atoms with E-state index in [2.05, 4.69) is 60.7 Å². The lowest BCUT2D eigenvalue weighted by Gasteiger charge is -2.20. The number of nitrogens with zero attached hydrogens (tertiary/aromatic N) is 1. The van der Waals surface area contributed by atoms with Gasteiger partial charge in [-0.25, -0.2) is 0 Å². The van der Waals surface area contributed by atoms with Gasteiger partial charge in [-0.15, -0.1) is 0 Å². The van der Waals surface area contributed by atoms with Crippen LogP contribution in [0.3, 0.4) is 0 Å². The Morgan fingerprint density at radius 2 is 1.90 bits per heavy atom. The van der Waals surface area contributed by atoms with Crippen molar-refractivity contribution in [2.75, 3.05) is 20.6 Å². The van der Waals surface area contributed by atoms with Crippen LogP contribution in [0.15, 0.2) is 36.4 Å². The fraction of sp³-hybridized carbons (Fsp3) is 0.556. The molecule has 0 saturated heterocycles. The average Bonchev–Trinajstić information content (AvgIpc) is 3.02. The molecule has 1 aromatic carbocycles. The highest BCUT2D eigenvalue weighted by atomic mass is 15.0. The molecule has 2 nitrogen and oxygen atoms in total. The van der Waals surface area contributed by atoms with Gasteiger partial charge in [-0.2, -0.15) is 0 Å². The molecule has 3 atom stereocenters. The normalized spacial score (nSPS) is 27.6. The van der Waals surface area contributed by atoms with Gasteiger partial charge in [0.2, 0.25) is 0 Å². The second kappa shape index (κ2) is 6.11. The molecule has 3 unspecified atom stereocenters. The molecular weight excluding hydrogens is 244 g/mol. The zero-order chi connectivity index (χ0) is 13.9. The van der Waals surface area contributed by atoms with E-state index in [1.54, 1.807) is 0 Å². The lowest BCUT2D eigenvalue weighted by molar-refractivity contribution is 0.396. The van der Waals surface area contributed by atoms with Crippen LogP contribution in [0.5, 0.6) is 0 Å². The van der Waals surface area contributed by atoms with Crippen molar-refractivity contribution >= 4 is 0 Å². The van der Waals surface area contributed by atoms with E-state index in [0.717, 1.165) is 30.8 Å². The fourth-order valence-corrected chi connectivity index (χ4v) is 3.75. The molecule has 1 saturated carbocycles. The van der Waals surface area contributed by atoms with Gasteiger partial charge in [0.25, 0.3) is 0 Å². The Kier molecular flexibility index (Phi) is 4.23. The van der Waals surface area contributed by atoms with Crippen molar-refractivity contribution < 1.29 is 0 Å². The molecule has 0 heterocycles. The third-order valence-corrected chi connectivity index (χ3v) is 4.74. The highest BCUT2D eigenvalue weighted by molar-refractivity contribution is 5.27. The van der Waals surface area contributed by atoms with E-state index < -0.39 is 0 Å². The number of hydrogen-bond acceptors (Lipinski definition) is 2. The molecule has 0 aromatic heterocycles. The quantitative estimate of drug-likeness (QED) is 0.799. The van der Waals surface area contributed by atoms with Crippen molar-refractivity contribution in [3.05, 3.63) is 47.5 Å². The van der Waals surface area contributed by atoms with Gasteiger partial charge in [0.15, 0.2) is 0 Å². The van der Waals surface area contributed by atoms with E-state index in [4.69, 9.17) is 0 Å². The molecule has 108 valence electrons. The van der Waals surface area contributed by atoms with Gasteiger partial charge >= 0.3 is 0 Å². The predicted molar refractivity (Wildman–Crippen MR) is 84.4 cm³/mol. The van der Waals surface area contributed by atoms with Crippen LogP contribution in [0.25, 0.3) is 0 Å². The first-order valence-corrected chi connectivity index (χ1v) is 7.83. The minimum absolute atomic E-state index is 0.851. The standard InChI is InChI=1S/C18H26N2/c1-20(2)13-17-6-4-3-5-16(17)11-19-12-18-10-14-7-8-15(18)9-14/h3-8,14-15,18-19H,9-13H2,1-2H3. The number of nitrogens with one attached hydrogen (secondary N) is 1. The van der Waals surface area contributed by atoms with Crippen molar-refractivity contribution in [3.8, 4) is 0 Å². The molecule has 3 rings (SSSR count). The molecule has 2 heteroatoms. The first kappa shape index (κ1) is 13.8. The Balaban J connectivity index is 1.52. The number of allylic oxidation sites excluding steroid dienone is 2. The van der Waals surface area contributed by atoms with Gasteiger partial charge in [0.1, 0.15) is 0 Å². The van der Waals surface area contributed by atoms with E-state index in [-0.39, 0.29) is 0 Å². The molecule has 1 fully saturated rings. The Hall–Kier alpha value is -1.12. The monoisotopic (exact) mass is 270 g/mol. The third kappa shape index (κ3) is 3.13. The maximum Gasteiger partial charge on any atom is 0.0230 e. The summed E-state index contributed by atoms with van der Waals surface area (Å²) < 4.78 is 0. The zero-order valence-corrected chi connectivity index (χ0v) is 12.7. The fourth-order valence-electron chi connectivity index (χ4n) is 3.75. The Labute approximate surface area is 122 Å². The molecule has 0 amide bonds. The van der Waals surface area contributed by atoms with Crippen molar-refractivity contribution in [1.29, 1.82) is 0 Å². The molecule has 0 radical (unpaired) electrons. The summed E-state index contributed by atoms with van der Waals surface area (Å²) in [5.41, 5.74) is 2.89. The Morgan fingerprint density at radius 1 is 1.10 bits per heavy atom. The third-order valence-electron chi connectivity index (χ3n) is 4.74. The first-order valence-electron chi connectivity index (χ1n) is 7.83. The predicted octanol–water partition coefficient (Wildman–Crippen LogP) is 3.05. The summed E-state index contributed by atoms with van der Waals surface area (Å²) >= 11 is 0. The highest BCUT2D eigenvalue weighted by Gasteiger charge is 2.34. The summed E-state index contributed by atoms with van der Waals surface area (Å²) in [6.45, 7) is 3.19. The van der Waals surface area contributed by atoms with E-state index in [0.29, 0.717) is 0 Å². The molecule has 1 N–H and O–H groups in total. The summed E-state index contributed by atoms with van der Waals surface area (Å²) in [6, 6.07) is 8.79. The second-order valence-electron chi connectivity index (χ2n) is 6.68. The van der Waals surface area contributed by atoms with Crippen molar-refractivity contribution in [2.45, 2.75) is 25.9 Å². The summed E-state index contributed by atoms with van der Waals surface area (Å²) in [5, 5.41) is 3.69. The van der Waals surface area contributed by atoms with Crippen LogP contribution in [0, 0.1) is 17.8 Å². The van der Waals surface area contributed by atoms with Crippen molar-refractivity contribution in [2.24, 2.45) is 17.8 Å². The van der Waals surface area contributed by atoms with Crippen LogP contribution in [0.1, 0.15) is 24.0 Å². The van der Waals surface area contributed by atoms with Crippen LogP contribution in [-0.2, 0) is 13.1 Å². The van der Waals surface area contributed by atoms with Gasteiger partial charge in [-0.1, -0.05) is 36.4 Å². The van der Waals surface area contributed by atoms with Crippen molar-refractivity contribution in [1.82, 2.24) is 10.2 Å². The van der Waals surface area contributed by atoms with E-state index in [9.17, 15) is 0 Å². The Morgan fingerprint density at radius 3 is 2.55 bits per heavy atom. The van der Waals surface area contributed by atoms with Gasteiger partial charge < -0.3 is 10.2 Å². The molecule has 2 bridgehead atoms. The summed E-state index contributed by atoms with van der Waals surface area (Å²) in [6.07, 6.45) is 7.67. The average molecular weight is 270 g/mol. The summed E-state index contributed by atoms with van der Waals surface area (Å²) in [7, 11) is 4.26. The summed E-state index contributed by atoms with van der Waals surface area (Å²) in [4.78, 5) is 2.24. The topological polar surface area (TPSA) is 15.3 Å². The van der Waals surface area contributed by atoms with Crippen LogP contribution < -0.4 is 5.32 Å². The zero-order valence-electron chi connectivity index (χ0n) is 12.7. The minimum Gasteiger partial charge on any atom is -0.312 e. The van der Waals surface area contributed by atoms with Gasteiger partial charge in [0, 0.05) is 13.1 Å². The molecule has 0 aliphatic heterocycles. The number of benzene rings is 1. The van der Waals surface area contributed by atoms with Crippen molar-refractivity contribution in [3.63, 3.8) is 0 Å². The van der Waals surface area contributed by atoms with Crippen LogP contribution in [0.4, 0.5) is 0 Å². The highest BCUT2D eigenvalue weighted by Crippen LogP contribution is 2.42. The van der Waals surface area contributed by atoms with Crippen LogP contribution in [-0.4, -0.2) is 25.5 Å². The SMILES string of the molecule is CN(C)Cc1ccccc1CNCC1CC2C=CC1C2. The lowest BCUT2D eigenvalue weighted by Crippen LogP contribution is -2.25. The van der Waals surface area contributed by atoms with E-state index in [1.807, 2.05) is 0 Å². The van der Waals surface area contributed by atoms with Gasteiger partial charge in [-0.05, 0) is 62.4 Å². The maximum atomic E-state index is 3.69. The smallest absolute Gasteiger partial charge is 0.0230 e. The maximum absolute atomic E-state index is 3.69. The van der Waals surface area contributed by atoms with E-state index in [1.165, 1.54) is 30.5 Å². The molecule has 2 aliphatic carbocycles. The number of fused-ring (bicyclic) bond motifs is 2. The second-order valence-corrected chi connectivity index (χ2v) is 6.68. The number of rotatable bonds is 6. The molecule has 20 heavy (non-hydrogen) atoms. The van der Waals surface area contributed by atoms with E-state index >= 15 is 0 Å². The molecule has 0 spiro atoms. The lowest BCUT2D eigenvalue weighted by atomic mass is 9.93. The first-order chi connectivity index (χ1) is 9.72. The van der Waals surface area contributed by atoms with Gasteiger partial charge in [0.05, 0.1) is 0 Å². The van der Waals surface area contributed by atoms with Gasteiger partial charge in [-0.3, -0.25) is 0 Å². The molecular formula is C18H26N2. The summed E-state index contributed by atoms with van der Waals surface area (Å²) in [5.74, 6) is 2.60. The van der Waals surface area contributed by atoms with Crippen LogP contribution >= 0.6 is 0 Å².